The lowest BCUT2D eigenvalue weighted by molar-refractivity contribution is -0.143. The zero-order valence-corrected chi connectivity index (χ0v) is 18.2. The van der Waals surface area contributed by atoms with Gasteiger partial charge in [0.1, 0.15) is 5.75 Å². The van der Waals surface area contributed by atoms with Gasteiger partial charge in [0.2, 0.25) is 0 Å². The summed E-state index contributed by atoms with van der Waals surface area (Å²) in [7, 11) is -4.04. The molecule has 0 fully saturated rings. The minimum Gasteiger partial charge on any atom is -0.481 e. The zero-order valence-electron chi connectivity index (χ0n) is 17.3. The molecular weight excluding hydrogens is 424 g/mol. The Labute approximate surface area is 180 Å². The molecule has 0 aliphatic heterocycles. The first-order valence-electron chi connectivity index (χ1n) is 9.34. The van der Waals surface area contributed by atoms with E-state index >= 15 is 0 Å². The minimum absolute atomic E-state index is 0.0403. The van der Waals surface area contributed by atoms with Crippen LogP contribution in [-0.2, 0) is 19.6 Å². The average molecular weight is 448 g/mol. The molecular formula is C21H24N2O7S. The van der Waals surface area contributed by atoms with Gasteiger partial charge in [-0.25, -0.2) is 8.42 Å². The largest absolute Gasteiger partial charge is 0.481 e. The van der Waals surface area contributed by atoms with E-state index < -0.39 is 33.3 Å². The van der Waals surface area contributed by atoms with Crippen molar-refractivity contribution in [2.45, 2.75) is 32.1 Å². The number of aliphatic carboxylic acids is 1. The molecule has 10 heteroatoms. The molecule has 0 aliphatic carbocycles. The molecule has 0 radical (unpaired) electrons. The van der Waals surface area contributed by atoms with Crippen molar-refractivity contribution in [3.8, 4) is 5.75 Å². The molecule has 2 aromatic carbocycles. The fourth-order valence-corrected chi connectivity index (χ4v) is 3.38. The van der Waals surface area contributed by atoms with E-state index in [9.17, 15) is 22.8 Å². The van der Waals surface area contributed by atoms with E-state index in [-0.39, 0.29) is 34.9 Å². The maximum atomic E-state index is 12.7. The summed E-state index contributed by atoms with van der Waals surface area (Å²) < 4.78 is 33.1. The number of anilines is 1. The van der Waals surface area contributed by atoms with Crippen LogP contribution in [0.1, 0.15) is 37.6 Å². The number of sulfonamides is 1. The maximum absolute atomic E-state index is 12.7. The third kappa shape index (κ3) is 6.82. The van der Waals surface area contributed by atoms with Gasteiger partial charge in [-0.05, 0) is 57.2 Å². The van der Waals surface area contributed by atoms with Gasteiger partial charge in [-0.2, -0.15) is 0 Å². The third-order valence-corrected chi connectivity index (χ3v) is 5.38. The molecule has 0 saturated carbocycles. The molecule has 0 spiro atoms. The summed E-state index contributed by atoms with van der Waals surface area (Å²) in [6, 6.07) is 11.2. The Kier molecular flexibility index (Phi) is 7.40. The first-order valence-corrected chi connectivity index (χ1v) is 10.8. The zero-order chi connectivity index (χ0) is 23.2. The summed E-state index contributed by atoms with van der Waals surface area (Å²) in [5.41, 5.74) is -0.619. The first kappa shape index (κ1) is 23.9. The molecule has 2 aromatic rings. The number of benzene rings is 2. The van der Waals surface area contributed by atoms with Gasteiger partial charge in [-0.3, -0.25) is 19.1 Å². The Balaban J connectivity index is 2.17. The number of hydrogen-bond acceptors (Lipinski definition) is 6. The van der Waals surface area contributed by atoms with Crippen LogP contribution < -0.4 is 14.8 Å². The fraction of sp³-hybridized carbons (Fsp3) is 0.286. The van der Waals surface area contributed by atoms with Crippen molar-refractivity contribution in [1.29, 1.82) is 0 Å². The summed E-state index contributed by atoms with van der Waals surface area (Å²) >= 11 is 0. The smallest absolute Gasteiger partial charge is 0.316 e. The molecule has 31 heavy (non-hydrogen) atoms. The standard InChI is InChI=1S/C21H24N2O7S/c1-21(2,3)20(27)30-14-8-10-15(11-9-14)31(28,29)23-17-7-5-4-6-16(17)19(26)22-13-12-18(24)25/h4-11,23H,12-13H2,1-3H3,(H,22,26)(H,24,25). The summed E-state index contributed by atoms with van der Waals surface area (Å²) in [5.74, 6) is -1.92. The van der Waals surface area contributed by atoms with Gasteiger partial charge in [0.25, 0.3) is 15.9 Å². The number of carboxylic acids is 1. The Hall–Kier alpha value is -3.40. The summed E-state index contributed by atoms with van der Waals surface area (Å²) in [5, 5.41) is 11.1. The van der Waals surface area contributed by atoms with Crippen molar-refractivity contribution in [3.63, 3.8) is 0 Å². The van der Waals surface area contributed by atoms with Gasteiger partial charge in [0, 0.05) is 6.54 Å². The normalized spacial score (nSPS) is 11.5. The van der Waals surface area contributed by atoms with Gasteiger partial charge < -0.3 is 15.2 Å². The molecule has 0 heterocycles. The second-order valence-electron chi connectivity index (χ2n) is 7.66. The molecule has 1 amide bonds. The average Bonchev–Trinajstić information content (AvgIpc) is 2.67. The van der Waals surface area contributed by atoms with Crippen LogP contribution in [0.2, 0.25) is 0 Å². The predicted molar refractivity (Wildman–Crippen MR) is 113 cm³/mol. The van der Waals surface area contributed by atoms with E-state index in [0.29, 0.717) is 0 Å². The molecule has 0 saturated heterocycles. The summed E-state index contributed by atoms with van der Waals surface area (Å²) in [6.07, 6.45) is -0.258. The highest BCUT2D eigenvalue weighted by Gasteiger charge is 2.24. The van der Waals surface area contributed by atoms with Crippen LogP contribution >= 0.6 is 0 Å². The number of carboxylic acid groups (broad SMARTS) is 1. The van der Waals surface area contributed by atoms with E-state index in [2.05, 4.69) is 10.0 Å². The van der Waals surface area contributed by atoms with Crippen molar-refractivity contribution < 1.29 is 32.6 Å². The van der Waals surface area contributed by atoms with E-state index in [0.717, 1.165) is 0 Å². The van der Waals surface area contributed by atoms with Crippen molar-refractivity contribution in [3.05, 3.63) is 54.1 Å². The number of carbonyl (C=O) groups excluding carboxylic acids is 2. The molecule has 9 nitrogen and oxygen atoms in total. The number of nitrogens with one attached hydrogen (secondary N) is 2. The number of hydrogen-bond donors (Lipinski definition) is 3. The van der Waals surface area contributed by atoms with Crippen LogP contribution in [0.3, 0.4) is 0 Å². The van der Waals surface area contributed by atoms with Crippen LogP contribution in [0.5, 0.6) is 5.75 Å². The van der Waals surface area contributed by atoms with Crippen LogP contribution in [-0.4, -0.2) is 37.9 Å². The number of carbonyl (C=O) groups is 3. The van der Waals surface area contributed by atoms with Crippen LogP contribution in [0.4, 0.5) is 5.69 Å². The van der Waals surface area contributed by atoms with E-state index in [1.165, 1.54) is 36.4 Å². The topological polar surface area (TPSA) is 139 Å². The molecule has 0 bridgehead atoms. The third-order valence-electron chi connectivity index (χ3n) is 4.00. The second-order valence-corrected chi connectivity index (χ2v) is 9.34. The first-order chi connectivity index (χ1) is 14.4. The van der Waals surface area contributed by atoms with Crippen molar-refractivity contribution >= 4 is 33.6 Å². The van der Waals surface area contributed by atoms with Gasteiger partial charge in [0.05, 0.1) is 28.0 Å². The number of rotatable bonds is 8. The Bertz CT molecular complexity index is 1070. The monoisotopic (exact) mass is 448 g/mol. The lowest BCUT2D eigenvalue weighted by atomic mass is 9.97. The summed E-state index contributed by atoms with van der Waals surface area (Å²) in [6.45, 7) is 5.01. The van der Waals surface area contributed by atoms with E-state index in [1.807, 2.05) is 0 Å². The van der Waals surface area contributed by atoms with Gasteiger partial charge in [-0.15, -0.1) is 0 Å². The minimum atomic E-state index is -4.04. The van der Waals surface area contributed by atoms with Crippen LogP contribution in [0, 0.1) is 5.41 Å². The fourth-order valence-electron chi connectivity index (χ4n) is 2.30. The SMILES string of the molecule is CC(C)(C)C(=O)Oc1ccc(S(=O)(=O)Nc2ccccc2C(=O)NCCC(=O)O)cc1. The Morgan fingerprint density at radius 2 is 1.61 bits per heavy atom. The highest BCUT2D eigenvalue weighted by atomic mass is 32.2. The number of ether oxygens (including phenoxy) is 1. The van der Waals surface area contributed by atoms with Gasteiger partial charge >= 0.3 is 11.9 Å². The molecule has 2 rings (SSSR count). The van der Waals surface area contributed by atoms with Crippen LogP contribution in [0.15, 0.2) is 53.4 Å². The second kappa shape index (κ2) is 9.61. The maximum Gasteiger partial charge on any atom is 0.316 e. The molecule has 0 unspecified atom stereocenters. The predicted octanol–water partition coefficient (Wildman–Crippen LogP) is 2.64. The summed E-state index contributed by atoms with van der Waals surface area (Å²) in [4.78, 5) is 34.8. The van der Waals surface area contributed by atoms with Crippen molar-refractivity contribution in [1.82, 2.24) is 5.32 Å². The van der Waals surface area contributed by atoms with Gasteiger partial charge in [-0.1, -0.05) is 12.1 Å². The van der Waals surface area contributed by atoms with Gasteiger partial charge in [0.15, 0.2) is 0 Å². The van der Waals surface area contributed by atoms with E-state index in [4.69, 9.17) is 9.84 Å². The highest BCUT2D eigenvalue weighted by molar-refractivity contribution is 7.92. The number of amides is 1. The number of para-hydroxylation sites is 1. The molecule has 0 aliphatic rings. The highest BCUT2D eigenvalue weighted by Crippen LogP contribution is 2.23. The van der Waals surface area contributed by atoms with Crippen molar-refractivity contribution in [2.24, 2.45) is 5.41 Å². The molecule has 0 atom stereocenters. The lowest BCUT2D eigenvalue weighted by Gasteiger charge is -2.16. The lowest BCUT2D eigenvalue weighted by Crippen LogP contribution is -2.27. The quantitative estimate of drug-likeness (QED) is 0.417. The molecule has 166 valence electrons. The Morgan fingerprint density at radius 3 is 2.19 bits per heavy atom. The van der Waals surface area contributed by atoms with Crippen molar-refractivity contribution in [2.75, 3.05) is 11.3 Å². The number of esters is 1. The molecule has 3 N–H and O–H groups in total. The Morgan fingerprint density at radius 1 is 1.00 bits per heavy atom. The van der Waals surface area contributed by atoms with Crippen LogP contribution in [0.25, 0.3) is 0 Å². The molecule has 0 aromatic heterocycles. The van der Waals surface area contributed by atoms with E-state index in [1.54, 1.807) is 32.9 Å².